The molecule has 5 rings (SSSR count). The van der Waals surface area contributed by atoms with Crippen LogP contribution in [0.3, 0.4) is 0 Å². The maximum Gasteiger partial charge on any atom is 0.300 e. The van der Waals surface area contributed by atoms with Crippen molar-refractivity contribution >= 4 is 40.7 Å². The fourth-order valence-corrected chi connectivity index (χ4v) is 4.75. The first kappa shape index (κ1) is 27.2. The van der Waals surface area contributed by atoms with E-state index in [1.54, 1.807) is 30.3 Å². The molecule has 3 amide bonds. The number of ketones is 2. The highest BCUT2D eigenvalue weighted by atomic mass is 16.2. The van der Waals surface area contributed by atoms with Crippen molar-refractivity contribution in [3.05, 3.63) is 131 Å². The van der Waals surface area contributed by atoms with Crippen LogP contribution >= 0.6 is 0 Å². The molecule has 41 heavy (non-hydrogen) atoms. The van der Waals surface area contributed by atoms with Crippen molar-refractivity contribution in [2.45, 2.75) is 26.1 Å². The summed E-state index contributed by atoms with van der Waals surface area (Å²) in [7, 11) is 0. The molecule has 8 heteroatoms. The highest BCUT2D eigenvalue weighted by Crippen LogP contribution is 2.34. The molecular formula is C33H27N3O5. The van der Waals surface area contributed by atoms with Gasteiger partial charge in [-0.15, -0.1) is 0 Å². The molecule has 0 spiro atoms. The third-order valence-corrected chi connectivity index (χ3v) is 6.94. The van der Waals surface area contributed by atoms with Crippen LogP contribution in [0, 0.1) is 0 Å². The van der Waals surface area contributed by atoms with Gasteiger partial charge in [-0.1, -0.05) is 91.0 Å². The van der Waals surface area contributed by atoms with E-state index in [9.17, 15) is 24.0 Å². The molecule has 0 saturated heterocycles. The number of anilines is 2. The number of carbonyl (C=O) groups is 5. The standard InChI is InChI=1S/C33H27N3O5/c1-22(31(39)34-20-23-11-5-2-6-12-23)36(33(41)29(37)25-15-9-4-10-16-25)26-17-18-28-27(19-26)30(38)32(40)35(28)21-24-13-7-3-8-14-24/h2-19,22H,20-21H2,1H3,(H,34,39). The average molecular weight is 546 g/mol. The summed E-state index contributed by atoms with van der Waals surface area (Å²) in [6, 6.07) is 30.0. The quantitative estimate of drug-likeness (QED) is 0.249. The highest BCUT2D eigenvalue weighted by Gasteiger charge is 2.38. The van der Waals surface area contributed by atoms with Crippen molar-refractivity contribution in [3.63, 3.8) is 0 Å². The summed E-state index contributed by atoms with van der Waals surface area (Å²) in [6.07, 6.45) is 0. The van der Waals surface area contributed by atoms with Crippen molar-refractivity contribution in [2.75, 3.05) is 9.80 Å². The second kappa shape index (κ2) is 11.8. The van der Waals surface area contributed by atoms with Crippen LogP contribution in [0.5, 0.6) is 0 Å². The second-order valence-corrected chi connectivity index (χ2v) is 9.66. The number of amides is 3. The third-order valence-electron chi connectivity index (χ3n) is 6.94. The van der Waals surface area contributed by atoms with E-state index in [0.717, 1.165) is 16.0 Å². The summed E-state index contributed by atoms with van der Waals surface area (Å²) in [5.41, 5.74) is 2.54. The molecule has 1 heterocycles. The minimum Gasteiger partial charge on any atom is -0.350 e. The molecular weight excluding hydrogens is 518 g/mol. The minimum absolute atomic E-state index is 0.102. The largest absolute Gasteiger partial charge is 0.350 e. The Labute approximate surface area is 237 Å². The molecule has 0 fully saturated rings. The van der Waals surface area contributed by atoms with E-state index in [2.05, 4.69) is 5.32 Å². The molecule has 1 N–H and O–H groups in total. The molecule has 8 nitrogen and oxygen atoms in total. The SMILES string of the molecule is CC(C(=O)NCc1ccccc1)N(C(=O)C(=O)c1ccccc1)c1ccc2c(c1)C(=O)C(=O)N2Cc1ccccc1. The Morgan fingerprint density at radius 1 is 0.780 bits per heavy atom. The zero-order chi connectivity index (χ0) is 28.9. The van der Waals surface area contributed by atoms with Gasteiger partial charge in [-0.05, 0) is 36.2 Å². The van der Waals surface area contributed by atoms with Crippen LogP contribution in [0.4, 0.5) is 11.4 Å². The number of nitrogens with zero attached hydrogens (tertiary/aromatic N) is 2. The number of rotatable bonds is 9. The number of hydrogen-bond donors (Lipinski definition) is 1. The first-order valence-corrected chi connectivity index (χ1v) is 13.1. The van der Waals surface area contributed by atoms with Gasteiger partial charge in [-0.3, -0.25) is 28.9 Å². The van der Waals surface area contributed by atoms with E-state index >= 15 is 0 Å². The van der Waals surface area contributed by atoms with Crippen molar-refractivity contribution in [2.24, 2.45) is 0 Å². The van der Waals surface area contributed by atoms with Crippen molar-refractivity contribution in [1.82, 2.24) is 5.32 Å². The summed E-state index contributed by atoms with van der Waals surface area (Å²) in [5, 5.41) is 2.81. The first-order valence-electron chi connectivity index (χ1n) is 13.1. The van der Waals surface area contributed by atoms with Gasteiger partial charge in [0, 0.05) is 17.8 Å². The highest BCUT2D eigenvalue weighted by molar-refractivity contribution is 6.52. The van der Waals surface area contributed by atoms with Gasteiger partial charge in [-0.25, -0.2) is 0 Å². The third kappa shape index (κ3) is 5.67. The van der Waals surface area contributed by atoms with Gasteiger partial charge in [0.15, 0.2) is 0 Å². The lowest BCUT2D eigenvalue weighted by Gasteiger charge is -2.28. The Morgan fingerprint density at radius 3 is 2.00 bits per heavy atom. The number of carbonyl (C=O) groups excluding carboxylic acids is 5. The van der Waals surface area contributed by atoms with E-state index in [4.69, 9.17) is 0 Å². The molecule has 0 aromatic heterocycles. The van der Waals surface area contributed by atoms with E-state index < -0.39 is 35.3 Å². The maximum absolute atomic E-state index is 13.6. The van der Waals surface area contributed by atoms with Crippen LogP contribution in [0.1, 0.15) is 38.8 Å². The lowest BCUT2D eigenvalue weighted by Crippen LogP contribution is -2.50. The van der Waals surface area contributed by atoms with Crippen LogP contribution < -0.4 is 15.1 Å². The van der Waals surface area contributed by atoms with Crippen LogP contribution in [-0.2, 0) is 27.5 Å². The predicted molar refractivity (Wildman–Crippen MR) is 154 cm³/mol. The fourth-order valence-electron chi connectivity index (χ4n) is 4.75. The van der Waals surface area contributed by atoms with E-state index in [1.807, 2.05) is 60.7 Å². The Kier molecular flexibility index (Phi) is 7.83. The van der Waals surface area contributed by atoms with Gasteiger partial charge in [0.2, 0.25) is 5.91 Å². The molecule has 4 aromatic rings. The zero-order valence-corrected chi connectivity index (χ0v) is 22.3. The molecule has 1 unspecified atom stereocenters. The molecule has 1 atom stereocenters. The molecule has 4 aromatic carbocycles. The molecule has 1 aliphatic heterocycles. The number of nitrogens with one attached hydrogen (secondary N) is 1. The Bertz CT molecular complexity index is 1620. The van der Waals surface area contributed by atoms with Crippen molar-refractivity contribution in [3.8, 4) is 0 Å². The molecule has 204 valence electrons. The molecule has 0 saturated carbocycles. The topological polar surface area (TPSA) is 104 Å². The summed E-state index contributed by atoms with van der Waals surface area (Å²) in [4.78, 5) is 68.5. The summed E-state index contributed by atoms with van der Waals surface area (Å²) in [5.74, 6) is -3.64. The van der Waals surface area contributed by atoms with Crippen LogP contribution in [-0.4, -0.2) is 35.3 Å². The second-order valence-electron chi connectivity index (χ2n) is 9.66. The molecule has 0 bridgehead atoms. The average Bonchev–Trinajstić information content (AvgIpc) is 3.25. The molecule has 1 aliphatic rings. The minimum atomic E-state index is -1.11. The van der Waals surface area contributed by atoms with Crippen LogP contribution in [0.25, 0.3) is 0 Å². The van der Waals surface area contributed by atoms with E-state index in [1.165, 1.54) is 30.0 Å². The Hall–Kier alpha value is -5.37. The first-order chi connectivity index (χ1) is 19.8. The van der Waals surface area contributed by atoms with Crippen LogP contribution in [0.15, 0.2) is 109 Å². The van der Waals surface area contributed by atoms with E-state index in [-0.39, 0.29) is 29.9 Å². The Morgan fingerprint density at radius 2 is 1.37 bits per heavy atom. The normalized spacial score (nSPS) is 13.0. The van der Waals surface area contributed by atoms with Crippen molar-refractivity contribution in [1.29, 1.82) is 0 Å². The van der Waals surface area contributed by atoms with Gasteiger partial charge in [-0.2, -0.15) is 0 Å². The van der Waals surface area contributed by atoms with Gasteiger partial charge in [0.25, 0.3) is 23.4 Å². The number of Topliss-reactive ketones (excluding diaryl/α,β-unsaturated/α-hetero) is 2. The predicted octanol–water partition coefficient (Wildman–Crippen LogP) is 4.34. The zero-order valence-electron chi connectivity index (χ0n) is 22.3. The lowest BCUT2D eigenvalue weighted by atomic mass is 10.1. The molecule has 0 radical (unpaired) electrons. The monoisotopic (exact) mass is 545 g/mol. The van der Waals surface area contributed by atoms with Gasteiger partial charge in [0.05, 0.1) is 17.8 Å². The summed E-state index contributed by atoms with van der Waals surface area (Å²) < 4.78 is 0. The van der Waals surface area contributed by atoms with Crippen molar-refractivity contribution < 1.29 is 24.0 Å². The number of fused-ring (bicyclic) bond motifs is 1. The van der Waals surface area contributed by atoms with E-state index in [0.29, 0.717) is 5.69 Å². The fraction of sp³-hybridized carbons (Fsp3) is 0.121. The molecule has 0 aliphatic carbocycles. The maximum atomic E-state index is 13.6. The van der Waals surface area contributed by atoms with Gasteiger partial charge in [0.1, 0.15) is 6.04 Å². The van der Waals surface area contributed by atoms with Gasteiger partial charge >= 0.3 is 0 Å². The summed E-state index contributed by atoms with van der Waals surface area (Å²) >= 11 is 0. The van der Waals surface area contributed by atoms with Gasteiger partial charge < -0.3 is 10.2 Å². The van der Waals surface area contributed by atoms with Crippen LogP contribution in [0.2, 0.25) is 0 Å². The smallest absolute Gasteiger partial charge is 0.300 e. The summed E-state index contributed by atoms with van der Waals surface area (Å²) in [6.45, 7) is 1.94. The Balaban J connectivity index is 1.48. The number of hydrogen-bond acceptors (Lipinski definition) is 5. The lowest BCUT2D eigenvalue weighted by molar-refractivity contribution is -0.124. The number of benzene rings is 4.